The van der Waals surface area contributed by atoms with Crippen LogP contribution in [0.4, 0.5) is 0 Å². The van der Waals surface area contributed by atoms with E-state index in [1.165, 1.54) is 11.8 Å². The molecule has 1 aromatic heterocycles. The Morgan fingerprint density at radius 2 is 2.08 bits per heavy atom. The van der Waals surface area contributed by atoms with Crippen LogP contribution in [-0.2, 0) is 20.8 Å². The highest BCUT2D eigenvalue weighted by Gasteiger charge is 2.30. The molecule has 126 valence electrons. The number of fused-ring (bicyclic) bond motifs is 1. The molecule has 0 amide bonds. The van der Waals surface area contributed by atoms with Crippen molar-refractivity contribution in [2.45, 2.75) is 42.3 Å². The summed E-state index contributed by atoms with van der Waals surface area (Å²) in [5, 5.41) is 0.862. The summed E-state index contributed by atoms with van der Waals surface area (Å²) in [4.78, 5) is 29.4. The quantitative estimate of drug-likeness (QED) is 0.623. The molecular formula is C17H18N2O4S. The Kier molecular flexibility index (Phi) is 4.28. The first-order valence-corrected chi connectivity index (χ1v) is 9.05. The van der Waals surface area contributed by atoms with Crippen molar-refractivity contribution in [3.63, 3.8) is 0 Å². The number of carbonyl (C=O) groups is 1. The molecule has 1 aromatic carbocycles. The van der Waals surface area contributed by atoms with Gasteiger partial charge in [0.05, 0.1) is 30.2 Å². The Morgan fingerprint density at radius 3 is 2.83 bits per heavy atom. The van der Waals surface area contributed by atoms with E-state index < -0.39 is 0 Å². The Labute approximate surface area is 143 Å². The molecule has 2 aliphatic heterocycles. The lowest BCUT2D eigenvalue weighted by Crippen LogP contribution is -2.29. The van der Waals surface area contributed by atoms with Gasteiger partial charge >= 0.3 is 5.97 Å². The molecule has 0 spiro atoms. The summed E-state index contributed by atoms with van der Waals surface area (Å²) in [6, 6.07) is 7.31. The first-order chi connectivity index (χ1) is 11.7. The molecule has 6 nitrogen and oxygen atoms in total. The van der Waals surface area contributed by atoms with Gasteiger partial charge in [0.25, 0.3) is 5.56 Å². The number of esters is 1. The van der Waals surface area contributed by atoms with E-state index in [0.29, 0.717) is 35.6 Å². The highest BCUT2D eigenvalue weighted by atomic mass is 32.2. The van der Waals surface area contributed by atoms with Crippen molar-refractivity contribution in [1.29, 1.82) is 0 Å². The van der Waals surface area contributed by atoms with Crippen LogP contribution >= 0.6 is 11.8 Å². The summed E-state index contributed by atoms with van der Waals surface area (Å²) >= 11 is 1.32. The van der Waals surface area contributed by atoms with Gasteiger partial charge in [-0.15, -0.1) is 0 Å². The first kappa shape index (κ1) is 15.7. The molecule has 7 heteroatoms. The van der Waals surface area contributed by atoms with Gasteiger partial charge in [0.2, 0.25) is 0 Å². The van der Waals surface area contributed by atoms with Gasteiger partial charge in [-0.1, -0.05) is 23.9 Å². The van der Waals surface area contributed by atoms with E-state index in [2.05, 4.69) is 4.98 Å². The average Bonchev–Trinajstić information content (AvgIpc) is 3.23. The average molecular weight is 346 g/mol. The zero-order chi connectivity index (χ0) is 16.5. The maximum Gasteiger partial charge on any atom is 0.319 e. The fourth-order valence-corrected chi connectivity index (χ4v) is 4.17. The van der Waals surface area contributed by atoms with Gasteiger partial charge in [0.15, 0.2) is 5.16 Å². The molecule has 24 heavy (non-hydrogen) atoms. The standard InChI is InChI=1S/C17H18N2O4S/c20-15-12-5-1-2-6-13(12)18-17(24-14-7-9-23-16(14)21)19(15)10-11-4-3-8-22-11/h1-2,5-6,11,14H,3-4,7-10H2. The Hall–Kier alpha value is -1.86. The van der Waals surface area contributed by atoms with Crippen molar-refractivity contribution in [1.82, 2.24) is 9.55 Å². The normalized spacial score (nSPS) is 23.8. The van der Waals surface area contributed by atoms with Gasteiger partial charge < -0.3 is 9.47 Å². The van der Waals surface area contributed by atoms with Gasteiger partial charge in [-0.2, -0.15) is 0 Å². The number of hydrogen-bond donors (Lipinski definition) is 0. The third-order valence-corrected chi connectivity index (χ3v) is 5.61. The molecule has 0 radical (unpaired) electrons. The number of cyclic esters (lactones) is 1. The highest BCUT2D eigenvalue weighted by Crippen LogP contribution is 2.29. The minimum atomic E-state index is -0.297. The summed E-state index contributed by atoms with van der Waals surface area (Å²) in [5.41, 5.74) is 0.574. The van der Waals surface area contributed by atoms with E-state index in [-0.39, 0.29) is 22.9 Å². The second kappa shape index (κ2) is 6.57. The fraction of sp³-hybridized carbons (Fsp3) is 0.471. The van der Waals surface area contributed by atoms with E-state index in [1.54, 1.807) is 10.6 Å². The number of para-hydroxylation sites is 1. The topological polar surface area (TPSA) is 70.4 Å². The molecule has 2 saturated heterocycles. The van der Waals surface area contributed by atoms with Gasteiger partial charge in [-0.3, -0.25) is 14.2 Å². The molecule has 0 bridgehead atoms. The van der Waals surface area contributed by atoms with Crippen LogP contribution < -0.4 is 5.56 Å². The second-order valence-electron chi connectivity index (χ2n) is 6.02. The lowest BCUT2D eigenvalue weighted by atomic mass is 10.2. The Balaban J connectivity index is 1.76. The van der Waals surface area contributed by atoms with E-state index in [4.69, 9.17) is 9.47 Å². The number of carbonyl (C=O) groups excluding carboxylic acids is 1. The van der Waals surface area contributed by atoms with Crippen LogP contribution in [-0.4, -0.2) is 40.1 Å². The largest absolute Gasteiger partial charge is 0.465 e. The Bertz CT molecular complexity index is 829. The maximum atomic E-state index is 12.9. The van der Waals surface area contributed by atoms with Crippen LogP contribution in [0.25, 0.3) is 10.9 Å². The maximum absolute atomic E-state index is 12.9. The van der Waals surface area contributed by atoms with Crippen LogP contribution in [0.3, 0.4) is 0 Å². The van der Waals surface area contributed by atoms with Gasteiger partial charge in [-0.25, -0.2) is 4.98 Å². The molecule has 4 rings (SSSR count). The number of aromatic nitrogens is 2. The third kappa shape index (κ3) is 2.93. The number of benzene rings is 1. The zero-order valence-electron chi connectivity index (χ0n) is 13.1. The van der Waals surface area contributed by atoms with Crippen LogP contribution in [0.5, 0.6) is 0 Å². The summed E-state index contributed by atoms with van der Waals surface area (Å²) in [7, 11) is 0. The van der Waals surface area contributed by atoms with Crippen LogP contribution in [0.15, 0.2) is 34.2 Å². The van der Waals surface area contributed by atoms with Crippen LogP contribution in [0.2, 0.25) is 0 Å². The molecule has 0 saturated carbocycles. The Morgan fingerprint density at radius 1 is 1.21 bits per heavy atom. The molecule has 0 N–H and O–H groups in total. The second-order valence-corrected chi connectivity index (χ2v) is 7.19. The summed E-state index contributed by atoms with van der Waals surface area (Å²) in [6.07, 6.45) is 2.62. The van der Waals surface area contributed by atoms with Gasteiger partial charge in [-0.05, 0) is 25.0 Å². The number of ether oxygens (including phenoxy) is 2. The van der Waals surface area contributed by atoms with Crippen molar-refractivity contribution in [2.75, 3.05) is 13.2 Å². The lowest BCUT2D eigenvalue weighted by molar-refractivity contribution is -0.137. The molecular weight excluding hydrogens is 328 g/mol. The van der Waals surface area contributed by atoms with E-state index in [1.807, 2.05) is 18.2 Å². The molecule has 2 unspecified atom stereocenters. The monoisotopic (exact) mass is 346 g/mol. The van der Waals surface area contributed by atoms with Crippen LogP contribution in [0.1, 0.15) is 19.3 Å². The molecule has 3 heterocycles. The van der Waals surface area contributed by atoms with Crippen molar-refractivity contribution in [2.24, 2.45) is 0 Å². The van der Waals surface area contributed by atoms with Crippen molar-refractivity contribution < 1.29 is 14.3 Å². The fourth-order valence-electron chi connectivity index (χ4n) is 3.10. The molecule has 2 atom stereocenters. The predicted molar refractivity (Wildman–Crippen MR) is 90.2 cm³/mol. The van der Waals surface area contributed by atoms with E-state index >= 15 is 0 Å². The number of hydrogen-bond acceptors (Lipinski definition) is 6. The van der Waals surface area contributed by atoms with Crippen molar-refractivity contribution >= 4 is 28.6 Å². The molecule has 2 fully saturated rings. The minimum absolute atomic E-state index is 0.0283. The molecule has 0 aliphatic carbocycles. The molecule has 2 aromatic rings. The lowest BCUT2D eigenvalue weighted by Gasteiger charge is -2.17. The summed E-state index contributed by atoms with van der Waals surface area (Å²) in [5.74, 6) is -0.230. The third-order valence-electron chi connectivity index (χ3n) is 4.37. The first-order valence-electron chi connectivity index (χ1n) is 8.17. The molecule has 2 aliphatic rings. The van der Waals surface area contributed by atoms with Crippen molar-refractivity contribution in [3.05, 3.63) is 34.6 Å². The number of thioether (sulfide) groups is 1. The SMILES string of the molecule is O=C1OCCC1Sc1nc2ccccc2c(=O)n1CC1CCCO1. The number of nitrogens with zero attached hydrogens (tertiary/aromatic N) is 2. The predicted octanol–water partition coefficient (Wildman–Crippen LogP) is 1.98. The van der Waals surface area contributed by atoms with Crippen molar-refractivity contribution in [3.8, 4) is 0 Å². The van der Waals surface area contributed by atoms with Gasteiger partial charge in [0, 0.05) is 13.0 Å². The minimum Gasteiger partial charge on any atom is -0.465 e. The smallest absolute Gasteiger partial charge is 0.319 e. The van der Waals surface area contributed by atoms with E-state index in [9.17, 15) is 9.59 Å². The zero-order valence-corrected chi connectivity index (χ0v) is 14.0. The number of rotatable bonds is 4. The highest BCUT2D eigenvalue weighted by molar-refractivity contribution is 8.00. The summed E-state index contributed by atoms with van der Waals surface area (Å²) < 4.78 is 12.4. The van der Waals surface area contributed by atoms with Gasteiger partial charge in [0.1, 0.15) is 5.25 Å². The van der Waals surface area contributed by atoms with Crippen LogP contribution in [0, 0.1) is 0 Å². The summed E-state index contributed by atoms with van der Waals surface area (Å²) in [6.45, 7) is 1.64. The van der Waals surface area contributed by atoms with E-state index in [0.717, 1.165) is 19.4 Å².